The first kappa shape index (κ1) is 20.6. The van der Waals surface area contributed by atoms with Crippen molar-refractivity contribution in [1.82, 2.24) is 20.2 Å². The van der Waals surface area contributed by atoms with Crippen molar-refractivity contribution < 1.29 is 9.47 Å². The van der Waals surface area contributed by atoms with E-state index in [0.717, 1.165) is 27.9 Å². The molecule has 7 nitrogen and oxygen atoms in total. The summed E-state index contributed by atoms with van der Waals surface area (Å²) in [6.45, 7) is 0.989. The van der Waals surface area contributed by atoms with E-state index >= 15 is 0 Å². The van der Waals surface area contributed by atoms with Gasteiger partial charge in [0.1, 0.15) is 6.04 Å². The van der Waals surface area contributed by atoms with Crippen LogP contribution in [0.15, 0.2) is 66.7 Å². The fourth-order valence-electron chi connectivity index (χ4n) is 4.68. The molecular weight excluding hydrogens is 461 g/mol. The monoisotopic (exact) mass is 479 g/mol. The van der Waals surface area contributed by atoms with Crippen LogP contribution in [0.25, 0.3) is 0 Å². The van der Waals surface area contributed by atoms with Crippen LogP contribution >= 0.6 is 23.2 Å². The van der Waals surface area contributed by atoms with Crippen LogP contribution in [0.4, 0.5) is 11.6 Å². The Hall–Kier alpha value is -2.97. The van der Waals surface area contributed by atoms with Gasteiger partial charge in [-0.1, -0.05) is 58.6 Å². The van der Waals surface area contributed by atoms with Gasteiger partial charge in [0.2, 0.25) is 5.79 Å². The Morgan fingerprint density at radius 1 is 0.909 bits per heavy atom. The van der Waals surface area contributed by atoms with Crippen LogP contribution in [0.2, 0.25) is 10.0 Å². The molecule has 4 aromatic rings. The molecule has 166 valence electrons. The molecule has 0 aliphatic carbocycles. The number of rotatable bonds is 3. The van der Waals surface area contributed by atoms with E-state index in [-0.39, 0.29) is 6.04 Å². The van der Waals surface area contributed by atoms with Crippen LogP contribution in [-0.4, -0.2) is 40.5 Å². The molecule has 0 spiro atoms. The van der Waals surface area contributed by atoms with Gasteiger partial charge in [0.15, 0.2) is 0 Å². The number of anilines is 2. The molecule has 1 atom stereocenters. The van der Waals surface area contributed by atoms with Gasteiger partial charge >= 0.3 is 0 Å². The topological polar surface area (TPSA) is 65.3 Å². The van der Waals surface area contributed by atoms with Crippen molar-refractivity contribution >= 4 is 34.8 Å². The number of fused-ring (bicyclic) bond motifs is 2. The Morgan fingerprint density at radius 3 is 2.42 bits per heavy atom. The van der Waals surface area contributed by atoms with Crippen LogP contribution in [0.1, 0.15) is 28.3 Å². The Morgan fingerprint density at radius 2 is 1.67 bits per heavy atom. The van der Waals surface area contributed by atoms with Crippen LogP contribution in [0, 0.1) is 0 Å². The highest BCUT2D eigenvalue weighted by atomic mass is 35.5. The van der Waals surface area contributed by atoms with Crippen LogP contribution in [-0.2, 0) is 15.3 Å². The van der Waals surface area contributed by atoms with Crippen molar-refractivity contribution in [1.29, 1.82) is 0 Å². The molecule has 1 fully saturated rings. The summed E-state index contributed by atoms with van der Waals surface area (Å²) in [5.41, 5.74) is 4.77. The second kappa shape index (κ2) is 7.81. The lowest BCUT2D eigenvalue weighted by Gasteiger charge is -2.35. The molecule has 2 aliphatic rings. The predicted octanol–water partition coefficient (Wildman–Crippen LogP) is 4.95. The fraction of sp³-hybridized carbons (Fsp3) is 0.208. The number of hydrogen-bond donors (Lipinski definition) is 0. The maximum absolute atomic E-state index is 6.35. The Balaban J connectivity index is 1.55. The van der Waals surface area contributed by atoms with Crippen molar-refractivity contribution in [3.8, 4) is 0 Å². The van der Waals surface area contributed by atoms with Gasteiger partial charge in [-0.05, 0) is 52.4 Å². The van der Waals surface area contributed by atoms with Gasteiger partial charge in [-0.3, -0.25) is 0 Å². The third-order valence-electron chi connectivity index (χ3n) is 6.17. The summed E-state index contributed by atoms with van der Waals surface area (Å²) in [7, 11) is 1.95. The van der Waals surface area contributed by atoms with E-state index in [1.807, 2.05) is 71.2 Å². The third-order valence-corrected chi connectivity index (χ3v) is 6.65. The van der Waals surface area contributed by atoms with E-state index < -0.39 is 5.79 Å². The highest BCUT2D eigenvalue weighted by molar-refractivity contribution is 6.30. The highest BCUT2D eigenvalue weighted by Gasteiger charge is 2.42. The number of tetrazole rings is 1. The molecule has 9 heteroatoms. The first-order chi connectivity index (χ1) is 16.1. The van der Waals surface area contributed by atoms with Crippen molar-refractivity contribution in [2.75, 3.05) is 25.2 Å². The van der Waals surface area contributed by atoms with Crippen LogP contribution < -0.4 is 4.90 Å². The summed E-state index contributed by atoms with van der Waals surface area (Å²) >= 11 is 12.5. The second-order valence-electron chi connectivity index (χ2n) is 8.03. The van der Waals surface area contributed by atoms with Gasteiger partial charge in [0.25, 0.3) is 5.95 Å². The summed E-state index contributed by atoms with van der Waals surface area (Å²) in [6.07, 6.45) is 0. The van der Waals surface area contributed by atoms with Gasteiger partial charge < -0.3 is 14.4 Å². The van der Waals surface area contributed by atoms with E-state index in [1.165, 1.54) is 0 Å². The van der Waals surface area contributed by atoms with E-state index in [1.54, 1.807) is 0 Å². The molecule has 3 aromatic carbocycles. The fourth-order valence-corrected chi connectivity index (χ4v) is 5.00. The van der Waals surface area contributed by atoms with E-state index in [9.17, 15) is 0 Å². The van der Waals surface area contributed by atoms with Crippen molar-refractivity contribution in [3.05, 3.63) is 99.0 Å². The number of halogens is 2. The quantitative estimate of drug-likeness (QED) is 0.414. The molecular formula is C24H19Cl2N5O2. The Kier molecular flexibility index (Phi) is 4.88. The highest BCUT2D eigenvalue weighted by Crippen LogP contribution is 2.46. The summed E-state index contributed by atoms with van der Waals surface area (Å²) < 4.78 is 14.3. The number of nitrogens with zero attached hydrogens (tertiary/aromatic N) is 5. The molecule has 1 aromatic heterocycles. The molecule has 0 bridgehead atoms. The molecule has 6 rings (SSSR count). The standard InChI is InChI=1S/C24H19Cl2N5O2/c1-30-21-10-7-17(24(32-11-12-33-24)16-5-8-18(25)9-6-16)14-20(21)22(31-23(30)27-28-29-31)15-3-2-4-19(26)13-15/h2-10,13-14,22H,11-12H2,1H3. The minimum atomic E-state index is -1.02. The van der Waals surface area contributed by atoms with Crippen LogP contribution in [0.3, 0.4) is 0 Å². The maximum atomic E-state index is 6.35. The van der Waals surface area contributed by atoms with E-state index in [2.05, 4.69) is 27.7 Å². The van der Waals surface area contributed by atoms with Gasteiger partial charge in [0, 0.05) is 39.5 Å². The molecule has 1 unspecified atom stereocenters. The molecule has 2 aliphatic heterocycles. The van der Waals surface area contributed by atoms with Crippen molar-refractivity contribution in [2.24, 2.45) is 0 Å². The summed E-state index contributed by atoms with van der Waals surface area (Å²) in [5.74, 6) is -0.362. The van der Waals surface area contributed by atoms with Crippen molar-refractivity contribution in [2.45, 2.75) is 11.8 Å². The summed E-state index contributed by atoms with van der Waals surface area (Å²) in [5, 5.41) is 13.8. The van der Waals surface area contributed by atoms with Crippen molar-refractivity contribution in [3.63, 3.8) is 0 Å². The predicted molar refractivity (Wildman–Crippen MR) is 125 cm³/mol. The molecule has 0 radical (unpaired) electrons. The smallest absolute Gasteiger partial charge is 0.250 e. The van der Waals surface area contributed by atoms with Gasteiger partial charge in [0.05, 0.1) is 13.2 Å². The molecule has 0 amide bonds. The molecule has 1 saturated heterocycles. The number of benzene rings is 3. The number of hydrogen-bond acceptors (Lipinski definition) is 6. The average molecular weight is 480 g/mol. The minimum absolute atomic E-state index is 0.261. The molecule has 33 heavy (non-hydrogen) atoms. The summed E-state index contributed by atoms with van der Waals surface area (Å²) in [6, 6.07) is 21.3. The Bertz CT molecular complexity index is 1330. The second-order valence-corrected chi connectivity index (χ2v) is 8.91. The zero-order valence-corrected chi connectivity index (χ0v) is 19.2. The maximum Gasteiger partial charge on any atom is 0.250 e. The average Bonchev–Trinajstić information content (AvgIpc) is 3.51. The zero-order chi connectivity index (χ0) is 22.6. The lowest BCUT2D eigenvalue weighted by molar-refractivity contribution is -0.129. The largest absolute Gasteiger partial charge is 0.340 e. The first-order valence-electron chi connectivity index (χ1n) is 10.5. The minimum Gasteiger partial charge on any atom is -0.340 e. The molecule has 3 heterocycles. The van der Waals surface area contributed by atoms with Crippen LogP contribution in [0.5, 0.6) is 0 Å². The molecule has 0 saturated carbocycles. The van der Waals surface area contributed by atoms with Gasteiger partial charge in [-0.2, -0.15) is 4.68 Å². The SMILES string of the molecule is CN1c2ccc(C3(c4ccc(Cl)cc4)OCCO3)cc2C(c2cccc(Cl)c2)n2nnnc21. The zero-order valence-electron chi connectivity index (χ0n) is 17.7. The van der Waals surface area contributed by atoms with Gasteiger partial charge in [-0.25, -0.2) is 0 Å². The van der Waals surface area contributed by atoms with Gasteiger partial charge in [-0.15, -0.1) is 0 Å². The van der Waals surface area contributed by atoms with E-state index in [4.69, 9.17) is 32.7 Å². The summed E-state index contributed by atoms with van der Waals surface area (Å²) in [4.78, 5) is 1.98. The van der Waals surface area contributed by atoms with E-state index in [0.29, 0.717) is 29.2 Å². The third kappa shape index (κ3) is 3.23. The normalized spacial score (nSPS) is 18.8. The number of aromatic nitrogens is 4. The Labute approximate surface area is 200 Å². The first-order valence-corrected chi connectivity index (χ1v) is 11.3. The lowest BCUT2D eigenvalue weighted by Crippen LogP contribution is -2.32. The number of ether oxygens (including phenoxy) is 2. The lowest BCUT2D eigenvalue weighted by atomic mass is 9.89. The molecule has 0 N–H and O–H groups in total.